The molecule has 1 saturated heterocycles. The van der Waals surface area contributed by atoms with Gasteiger partial charge >= 0.3 is 0 Å². The highest BCUT2D eigenvalue weighted by Gasteiger charge is 2.46. The van der Waals surface area contributed by atoms with E-state index in [0.717, 1.165) is 12.0 Å². The van der Waals surface area contributed by atoms with Crippen LogP contribution in [0.2, 0.25) is 0 Å². The zero-order valence-corrected chi connectivity index (χ0v) is 18.1. The summed E-state index contributed by atoms with van der Waals surface area (Å²) in [5.74, 6) is -0.256. The number of amides is 1. The molecule has 1 N–H and O–H groups in total. The molecule has 0 aromatic heterocycles. The van der Waals surface area contributed by atoms with Crippen molar-refractivity contribution in [3.8, 4) is 5.75 Å². The van der Waals surface area contributed by atoms with Crippen LogP contribution >= 0.6 is 0 Å². The first-order valence-electron chi connectivity index (χ1n) is 10.2. The second-order valence-corrected chi connectivity index (χ2v) is 9.71. The van der Waals surface area contributed by atoms with Crippen LogP contribution in [0.3, 0.4) is 0 Å². The number of hydrogen-bond donors (Lipinski definition) is 1. The summed E-state index contributed by atoms with van der Waals surface area (Å²) < 4.78 is 51.4. The minimum atomic E-state index is -3.72. The van der Waals surface area contributed by atoms with Gasteiger partial charge in [0.1, 0.15) is 11.6 Å². The number of sulfonamides is 1. The predicted molar refractivity (Wildman–Crippen MR) is 113 cm³/mol. The van der Waals surface area contributed by atoms with Crippen molar-refractivity contribution in [2.45, 2.75) is 29.6 Å². The van der Waals surface area contributed by atoms with Crippen molar-refractivity contribution >= 4 is 21.6 Å². The largest absolute Gasteiger partial charge is 0.495 e. The van der Waals surface area contributed by atoms with E-state index in [1.54, 1.807) is 12.1 Å². The van der Waals surface area contributed by atoms with Crippen molar-refractivity contribution in [1.29, 1.82) is 0 Å². The van der Waals surface area contributed by atoms with Crippen LogP contribution in [0.1, 0.15) is 24.8 Å². The molecule has 2 aromatic carbocycles. The van der Waals surface area contributed by atoms with Gasteiger partial charge in [-0.05, 0) is 48.7 Å². The highest BCUT2D eigenvalue weighted by molar-refractivity contribution is 7.89. The summed E-state index contributed by atoms with van der Waals surface area (Å²) in [6.45, 7) is 1.26. The number of ether oxygens (including phenoxy) is 2. The minimum Gasteiger partial charge on any atom is -0.495 e. The predicted octanol–water partition coefficient (Wildman–Crippen LogP) is 2.92. The molecule has 166 valence electrons. The summed E-state index contributed by atoms with van der Waals surface area (Å²) >= 11 is 0. The number of nitrogens with zero attached hydrogens (tertiary/aromatic N) is 1. The lowest BCUT2D eigenvalue weighted by Crippen LogP contribution is -2.46. The first-order valence-corrected chi connectivity index (χ1v) is 11.6. The van der Waals surface area contributed by atoms with Gasteiger partial charge in [-0.15, -0.1) is 0 Å². The maximum absolute atomic E-state index is 13.4. The molecule has 4 rings (SSSR count). The number of morpholine rings is 1. The zero-order valence-electron chi connectivity index (χ0n) is 17.3. The van der Waals surface area contributed by atoms with Gasteiger partial charge in [-0.3, -0.25) is 4.79 Å². The molecule has 0 unspecified atom stereocenters. The van der Waals surface area contributed by atoms with E-state index in [1.165, 1.54) is 41.7 Å². The number of rotatable bonds is 6. The topological polar surface area (TPSA) is 84.9 Å². The maximum Gasteiger partial charge on any atom is 0.243 e. The van der Waals surface area contributed by atoms with E-state index in [1.807, 2.05) is 0 Å². The summed E-state index contributed by atoms with van der Waals surface area (Å²) in [7, 11) is -2.27. The van der Waals surface area contributed by atoms with Crippen LogP contribution in [0, 0.1) is 5.82 Å². The summed E-state index contributed by atoms with van der Waals surface area (Å²) in [6.07, 6.45) is 2.16. The molecular formula is C22H25FN2O5S. The lowest BCUT2D eigenvalue weighted by Gasteiger charge is -2.40. The Morgan fingerprint density at radius 3 is 2.39 bits per heavy atom. The quantitative estimate of drug-likeness (QED) is 0.735. The summed E-state index contributed by atoms with van der Waals surface area (Å²) in [4.78, 5) is 13.4. The lowest BCUT2D eigenvalue weighted by atomic mass is 9.64. The van der Waals surface area contributed by atoms with Gasteiger partial charge in [0.15, 0.2) is 0 Å². The van der Waals surface area contributed by atoms with Crippen molar-refractivity contribution in [3.05, 3.63) is 53.8 Å². The Balaban J connectivity index is 1.63. The Kier molecular flexibility index (Phi) is 6.00. The molecule has 1 saturated carbocycles. The van der Waals surface area contributed by atoms with Crippen LogP contribution in [0.4, 0.5) is 10.1 Å². The van der Waals surface area contributed by atoms with E-state index in [4.69, 9.17) is 9.47 Å². The van der Waals surface area contributed by atoms with E-state index < -0.39 is 15.4 Å². The monoisotopic (exact) mass is 448 g/mol. The van der Waals surface area contributed by atoms with E-state index in [9.17, 15) is 17.6 Å². The van der Waals surface area contributed by atoms with Crippen LogP contribution in [0.5, 0.6) is 5.75 Å². The number of halogens is 1. The van der Waals surface area contributed by atoms with Gasteiger partial charge in [-0.25, -0.2) is 12.8 Å². The molecule has 0 bridgehead atoms. The van der Waals surface area contributed by atoms with Gasteiger partial charge in [-0.2, -0.15) is 4.31 Å². The smallest absolute Gasteiger partial charge is 0.243 e. The first kappa shape index (κ1) is 21.7. The van der Waals surface area contributed by atoms with Crippen LogP contribution < -0.4 is 10.1 Å². The van der Waals surface area contributed by atoms with Crippen LogP contribution in [-0.2, 0) is 25.0 Å². The van der Waals surface area contributed by atoms with Crippen LogP contribution in [0.15, 0.2) is 47.4 Å². The first-order chi connectivity index (χ1) is 14.9. The van der Waals surface area contributed by atoms with E-state index in [0.29, 0.717) is 31.8 Å². The highest BCUT2D eigenvalue weighted by Crippen LogP contribution is 2.45. The molecule has 2 aliphatic rings. The fourth-order valence-electron chi connectivity index (χ4n) is 4.07. The Morgan fingerprint density at radius 1 is 1.13 bits per heavy atom. The van der Waals surface area contributed by atoms with Crippen LogP contribution in [-0.4, -0.2) is 52.0 Å². The fourth-order valence-corrected chi connectivity index (χ4v) is 5.50. The van der Waals surface area contributed by atoms with Gasteiger partial charge in [0, 0.05) is 13.1 Å². The summed E-state index contributed by atoms with van der Waals surface area (Å²) in [5, 5.41) is 2.87. The average Bonchev–Trinajstić information content (AvgIpc) is 2.75. The van der Waals surface area contributed by atoms with Crippen molar-refractivity contribution < 1.29 is 27.1 Å². The van der Waals surface area contributed by atoms with Gasteiger partial charge in [0.25, 0.3) is 0 Å². The van der Waals surface area contributed by atoms with Gasteiger partial charge in [0.05, 0.1) is 36.3 Å². The van der Waals surface area contributed by atoms with Crippen molar-refractivity contribution in [1.82, 2.24) is 4.31 Å². The average molecular weight is 449 g/mol. The molecule has 2 aromatic rings. The molecule has 1 amide bonds. The Labute approximate surface area is 181 Å². The summed E-state index contributed by atoms with van der Waals surface area (Å²) in [6, 6.07) is 10.4. The van der Waals surface area contributed by atoms with Crippen molar-refractivity contribution in [2.24, 2.45) is 0 Å². The SMILES string of the molecule is COc1ccc(S(=O)(=O)N2CCOCC2)cc1NC(=O)C1(c2ccc(F)cc2)CCC1. The van der Waals surface area contributed by atoms with Gasteiger partial charge in [-0.1, -0.05) is 18.6 Å². The fraction of sp³-hybridized carbons (Fsp3) is 0.409. The molecule has 0 radical (unpaired) electrons. The summed E-state index contributed by atoms with van der Waals surface area (Å²) in [5.41, 5.74) is 0.265. The zero-order chi connectivity index (χ0) is 22.1. The van der Waals surface area contributed by atoms with Gasteiger partial charge in [0.2, 0.25) is 15.9 Å². The number of carbonyl (C=O) groups is 1. The normalized spacial score (nSPS) is 18.8. The van der Waals surface area contributed by atoms with E-state index in [-0.39, 0.29) is 35.4 Å². The maximum atomic E-state index is 13.4. The molecule has 1 aliphatic heterocycles. The standard InChI is InChI=1S/C22H25FN2O5S/c1-29-20-8-7-18(31(27,28)25-11-13-30-14-12-25)15-19(20)24-21(26)22(9-2-10-22)16-3-5-17(23)6-4-16/h3-8,15H,2,9-14H2,1H3,(H,24,26). The molecule has 2 fully saturated rings. The molecule has 0 atom stereocenters. The van der Waals surface area contributed by atoms with Crippen molar-refractivity contribution in [3.63, 3.8) is 0 Å². The second kappa shape index (κ2) is 8.57. The molecule has 9 heteroatoms. The number of anilines is 1. The van der Waals surface area contributed by atoms with Gasteiger partial charge < -0.3 is 14.8 Å². The highest BCUT2D eigenvalue weighted by atomic mass is 32.2. The third kappa shape index (κ3) is 4.05. The third-order valence-corrected chi connectivity index (χ3v) is 7.96. The van der Waals surface area contributed by atoms with Crippen LogP contribution in [0.25, 0.3) is 0 Å². The number of hydrogen-bond acceptors (Lipinski definition) is 5. The minimum absolute atomic E-state index is 0.0786. The molecular weight excluding hydrogens is 423 g/mol. The van der Waals surface area contributed by atoms with E-state index >= 15 is 0 Å². The molecule has 31 heavy (non-hydrogen) atoms. The second-order valence-electron chi connectivity index (χ2n) is 7.78. The number of methoxy groups -OCH3 is 1. The molecule has 0 spiro atoms. The molecule has 7 nitrogen and oxygen atoms in total. The number of benzene rings is 2. The lowest BCUT2D eigenvalue weighted by molar-refractivity contribution is -0.124. The third-order valence-electron chi connectivity index (χ3n) is 6.07. The number of carbonyl (C=O) groups excluding carboxylic acids is 1. The Hall–Kier alpha value is -2.49. The number of nitrogens with one attached hydrogen (secondary N) is 1. The molecule has 1 heterocycles. The van der Waals surface area contributed by atoms with Crippen molar-refractivity contribution in [2.75, 3.05) is 38.7 Å². The Bertz CT molecular complexity index is 1060. The molecule has 1 aliphatic carbocycles. The Morgan fingerprint density at radius 2 is 1.81 bits per heavy atom. The van der Waals surface area contributed by atoms with E-state index in [2.05, 4.69) is 5.32 Å².